The minimum Gasteiger partial charge on any atom is -0.484 e. The molecule has 28 heavy (non-hydrogen) atoms. The van der Waals surface area contributed by atoms with Gasteiger partial charge in [0.1, 0.15) is 12.1 Å². The van der Waals surface area contributed by atoms with E-state index in [-0.39, 0.29) is 12.5 Å². The van der Waals surface area contributed by atoms with Gasteiger partial charge in [0, 0.05) is 11.3 Å². The third-order valence-electron chi connectivity index (χ3n) is 4.11. The molecule has 0 aliphatic heterocycles. The zero-order valence-corrected chi connectivity index (χ0v) is 14.9. The summed E-state index contributed by atoms with van der Waals surface area (Å²) in [7, 11) is 0. The van der Waals surface area contributed by atoms with Gasteiger partial charge >= 0.3 is 0 Å². The van der Waals surface area contributed by atoms with Crippen LogP contribution >= 0.6 is 0 Å². The molecule has 138 valence electrons. The highest BCUT2D eigenvalue weighted by Gasteiger charge is 2.09. The monoisotopic (exact) mass is 371 g/mol. The number of benzene rings is 3. The van der Waals surface area contributed by atoms with Gasteiger partial charge in [0.05, 0.1) is 5.69 Å². The number of hydrogen-bond donors (Lipinski definition) is 1. The first-order valence-electron chi connectivity index (χ1n) is 8.70. The molecule has 0 atom stereocenters. The molecule has 0 radical (unpaired) electrons. The van der Waals surface area contributed by atoms with Crippen LogP contribution in [0.4, 0.5) is 5.69 Å². The van der Waals surface area contributed by atoms with E-state index in [2.05, 4.69) is 20.8 Å². The van der Waals surface area contributed by atoms with E-state index >= 15 is 0 Å². The number of nitrogens with one attached hydrogen (secondary N) is 1. The van der Waals surface area contributed by atoms with Crippen LogP contribution in [0.5, 0.6) is 5.75 Å². The quantitative estimate of drug-likeness (QED) is 0.562. The topological polar surface area (TPSA) is 81.9 Å². The number of tetrazole rings is 1. The van der Waals surface area contributed by atoms with Crippen LogP contribution in [0.15, 0.2) is 85.2 Å². The molecule has 0 saturated carbocycles. The molecule has 1 aromatic heterocycles. The van der Waals surface area contributed by atoms with E-state index in [4.69, 9.17) is 4.74 Å². The van der Waals surface area contributed by atoms with E-state index in [0.717, 1.165) is 22.5 Å². The summed E-state index contributed by atoms with van der Waals surface area (Å²) in [6.45, 7) is -0.0899. The Morgan fingerprint density at radius 1 is 0.929 bits per heavy atom. The fourth-order valence-corrected chi connectivity index (χ4v) is 2.77. The second-order valence-corrected chi connectivity index (χ2v) is 6.00. The summed E-state index contributed by atoms with van der Waals surface area (Å²) < 4.78 is 7.12. The number of ether oxygens (including phenoxy) is 1. The lowest BCUT2D eigenvalue weighted by Gasteiger charge is -2.12. The first kappa shape index (κ1) is 17.4. The van der Waals surface area contributed by atoms with Crippen LogP contribution in [0, 0.1) is 0 Å². The average molecular weight is 371 g/mol. The number of para-hydroxylation sites is 1. The molecule has 0 spiro atoms. The van der Waals surface area contributed by atoms with Crippen LogP contribution in [0.1, 0.15) is 0 Å². The van der Waals surface area contributed by atoms with Crippen LogP contribution in [-0.2, 0) is 4.79 Å². The van der Waals surface area contributed by atoms with E-state index in [1.54, 1.807) is 12.1 Å². The Bertz CT molecular complexity index is 1050. The molecule has 4 rings (SSSR count). The molecule has 7 nitrogen and oxygen atoms in total. The van der Waals surface area contributed by atoms with Gasteiger partial charge < -0.3 is 10.1 Å². The Labute approximate surface area is 161 Å². The summed E-state index contributed by atoms with van der Waals surface area (Å²) in [5, 5.41) is 13.9. The van der Waals surface area contributed by atoms with Crippen LogP contribution in [0.3, 0.4) is 0 Å². The highest BCUT2D eigenvalue weighted by Crippen LogP contribution is 2.27. The predicted molar refractivity (Wildman–Crippen MR) is 105 cm³/mol. The highest BCUT2D eigenvalue weighted by molar-refractivity contribution is 5.96. The van der Waals surface area contributed by atoms with E-state index in [1.807, 2.05) is 66.7 Å². The van der Waals surface area contributed by atoms with E-state index < -0.39 is 0 Å². The van der Waals surface area contributed by atoms with Crippen molar-refractivity contribution in [2.24, 2.45) is 0 Å². The van der Waals surface area contributed by atoms with Crippen molar-refractivity contribution in [3.8, 4) is 22.6 Å². The lowest BCUT2D eigenvalue weighted by Crippen LogP contribution is -2.20. The second-order valence-electron chi connectivity index (χ2n) is 6.00. The molecule has 1 heterocycles. The van der Waals surface area contributed by atoms with Crippen LogP contribution < -0.4 is 10.1 Å². The number of nitrogens with zero attached hydrogens (tertiary/aromatic N) is 4. The first-order chi connectivity index (χ1) is 13.8. The average Bonchev–Trinajstić information content (AvgIpc) is 3.29. The summed E-state index contributed by atoms with van der Waals surface area (Å²) in [5.74, 6) is 0.358. The van der Waals surface area contributed by atoms with Gasteiger partial charge in [-0.2, -0.15) is 0 Å². The molecule has 4 aromatic rings. The van der Waals surface area contributed by atoms with Gasteiger partial charge in [-0.05, 0) is 46.3 Å². The molecule has 0 aliphatic carbocycles. The molecular formula is C21H17N5O2. The summed E-state index contributed by atoms with van der Waals surface area (Å²) in [4.78, 5) is 12.4. The van der Waals surface area contributed by atoms with Crippen LogP contribution in [0.25, 0.3) is 16.8 Å². The smallest absolute Gasteiger partial charge is 0.262 e. The summed E-state index contributed by atoms with van der Waals surface area (Å²) >= 11 is 0. The Kier molecular flexibility index (Phi) is 5.06. The van der Waals surface area contributed by atoms with Gasteiger partial charge in [0.25, 0.3) is 5.91 Å². The van der Waals surface area contributed by atoms with Gasteiger partial charge in [-0.1, -0.05) is 48.5 Å². The van der Waals surface area contributed by atoms with E-state index in [0.29, 0.717) is 5.75 Å². The molecule has 0 aliphatic rings. The van der Waals surface area contributed by atoms with Gasteiger partial charge in [-0.25, -0.2) is 4.68 Å². The van der Waals surface area contributed by atoms with Crippen molar-refractivity contribution >= 4 is 11.6 Å². The van der Waals surface area contributed by atoms with Crippen molar-refractivity contribution in [2.45, 2.75) is 0 Å². The summed E-state index contributed by atoms with van der Waals surface area (Å²) in [5.41, 5.74) is 3.55. The zero-order valence-electron chi connectivity index (χ0n) is 14.9. The lowest BCUT2D eigenvalue weighted by atomic mass is 10.0. The number of rotatable bonds is 6. The van der Waals surface area contributed by atoms with Crippen molar-refractivity contribution in [1.29, 1.82) is 0 Å². The van der Waals surface area contributed by atoms with Crippen LogP contribution in [0.2, 0.25) is 0 Å². The zero-order chi connectivity index (χ0) is 19.2. The molecular weight excluding hydrogens is 354 g/mol. The fraction of sp³-hybridized carbons (Fsp3) is 0.0476. The number of amides is 1. The standard InChI is InChI=1S/C21H17N5O2/c27-21(14-28-18-12-10-17(11-13-18)26-15-22-24-25-26)23-20-9-5-4-8-19(20)16-6-2-1-3-7-16/h1-13,15H,14H2,(H,23,27). The molecule has 1 amide bonds. The van der Waals surface area contributed by atoms with Crippen molar-refractivity contribution < 1.29 is 9.53 Å². The number of hydrogen-bond acceptors (Lipinski definition) is 5. The Balaban J connectivity index is 1.39. The maximum Gasteiger partial charge on any atom is 0.262 e. The SMILES string of the molecule is O=C(COc1ccc(-n2cnnn2)cc1)Nc1ccccc1-c1ccccc1. The minimum absolute atomic E-state index is 0.0899. The Morgan fingerprint density at radius 3 is 2.43 bits per heavy atom. The van der Waals surface area contributed by atoms with Gasteiger partial charge in [-0.3, -0.25) is 4.79 Å². The molecule has 1 N–H and O–H groups in total. The van der Waals surface area contributed by atoms with E-state index in [9.17, 15) is 4.79 Å². The maximum atomic E-state index is 12.4. The lowest BCUT2D eigenvalue weighted by molar-refractivity contribution is -0.118. The normalized spacial score (nSPS) is 10.4. The van der Waals surface area contributed by atoms with E-state index in [1.165, 1.54) is 11.0 Å². The second kappa shape index (κ2) is 8.13. The van der Waals surface area contributed by atoms with Crippen molar-refractivity contribution in [3.05, 3.63) is 85.2 Å². The minimum atomic E-state index is -0.229. The number of anilines is 1. The molecule has 0 bridgehead atoms. The van der Waals surface area contributed by atoms with Gasteiger partial charge in [0.2, 0.25) is 0 Å². The number of carbonyl (C=O) groups excluding carboxylic acids is 1. The Hall–Kier alpha value is -4.00. The molecule has 3 aromatic carbocycles. The summed E-state index contributed by atoms with van der Waals surface area (Å²) in [6, 6.07) is 24.8. The predicted octanol–water partition coefficient (Wildman–Crippen LogP) is 3.35. The first-order valence-corrected chi connectivity index (χ1v) is 8.70. The van der Waals surface area contributed by atoms with Crippen molar-refractivity contribution in [3.63, 3.8) is 0 Å². The molecule has 0 unspecified atom stereocenters. The molecule has 0 saturated heterocycles. The fourth-order valence-electron chi connectivity index (χ4n) is 2.77. The van der Waals surface area contributed by atoms with Crippen molar-refractivity contribution in [2.75, 3.05) is 11.9 Å². The van der Waals surface area contributed by atoms with Gasteiger partial charge in [0.15, 0.2) is 6.61 Å². The third kappa shape index (κ3) is 4.04. The van der Waals surface area contributed by atoms with Crippen LogP contribution in [-0.4, -0.2) is 32.7 Å². The Morgan fingerprint density at radius 2 is 1.68 bits per heavy atom. The van der Waals surface area contributed by atoms with Crippen molar-refractivity contribution in [1.82, 2.24) is 20.2 Å². The summed E-state index contributed by atoms with van der Waals surface area (Å²) in [6.07, 6.45) is 1.51. The largest absolute Gasteiger partial charge is 0.484 e. The highest BCUT2D eigenvalue weighted by atomic mass is 16.5. The number of carbonyl (C=O) groups is 1. The number of aromatic nitrogens is 4. The third-order valence-corrected chi connectivity index (χ3v) is 4.11. The molecule has 0 fully saturated rings. The molecule has 7 heteroatoms. The maximum absolute atomic E-state index is 12.4. The van der Waals surface area contributed by atoms with Gasteiger partial charge in [-0.15, -0.1) is 5.10 Å².